The average Bonchev–Trinajstić information content (AvgIpc) is 3.14. The van der Waals surface area contributed by atoms with E-state index in [1.54, 1.807) is 29.3 Å². The Kier molecular flexibility index (Phi) is 6.66. The number of rotatable bonds is 4. The molecule has 3 aromatic rings. The molecule has 2 fully saturated rings. The van der Waals surface area contributed by atoms with Gasteiger partial charge < -0.3 is 25.4 Å². The molecule has 3 N–H and O–H groups in total. The van der Waals surface area contributed by atoms with Crippen molar-refractivity contribution >= 4 is 23.4 Å². The first-order valence-corrected chi connectivity index (χ1v) is 11.7. The molecule has 11 nitrogen and oxygen atoms in total. The molecular weight excluding hydrogens is 460 g/mol. The lowest BCUT2D eigenvalue weighted by Crippen LogP contribution is -2.31. The molecule has 184 valence electrons. The molecule has 2 aliphatic rings. The zero-order valence-corrected chi connectivity index (χ0v) is 19.7. The van der Waals surface area contributed by atoms with Crippen molar-refractivity contribution in [3.05, 3.63) is 48.4 Å². The number of phenols is 1. The Morgan fingerprint density at radius 3 is 2.72 bits per heavy atom. The minimum Gasteiger partial charge on any atom is -0.507 e. The number of amides is 1. The van der Waals surface area contributed by atoms with Crippen LogP contribution in [0.2, 0.25) is 0 Å². The molecule has 11 heteroatoms. The maximum atomic E-state index is 11.5. The highest BCUT2D eigenvalue weighted by molar-refractivity contribution is 5.74. The SMILES string of the molecule is Nc1nnc(-c2ccccc2O)cc1N1CCCN(c2ccnc(C#CCN3CCOC3=O)n2)CC1. The standard InChI is InChI=1S/C25H26N8O3/c26-24-20(17-19(29-30-24)18-5-1-2-6-21(18)34)31-11-4-12-32(14-13-31)23-8-9-27-22(28-23)7-3-10-33-15-16-36-25(33)35/h1-2,5-6,8-9,17,34H,4,10-16H2,(H2,26,30). The molecule has 0 radical (unpaired) electrons. The van der Waals surface area contributed by atoms with E-state index < -0.39 is 0 Å². The molecule has 5 rings (SSSR count). The normalized spacial score (nSPS) is 15.8. The van der Waals surface area contributed by atoms with Crippen LogP contribution in [-0.4, -0.2) is 82.1 Å². The summed E-state index contributed by atoms with van der Waals surface area (Å²) in [5.41, 5.74) is 8.16. The largest absolute Gasteiger partial charge is 0.507 e. The summed E-state index contributed by atoms with van der Waals surface area (Å²) in [5.74, 6) is 7.61. The highest BCUT2D eigenvalue weighted by Gasteiger charge is 2.21. The quantitative estimate of drug-likeness (QED) is 0.525. The highest BCUT2D eigenvalue weighted by atomic mass is 16.6. The van der Waals surface area contributed by atoms with Crippen LogP contribution in [0.15, 0.2) is 42.6 Å². The Morgan fingerprint density at radius 2 is 1.89 bits per heavy atom. The van der Waals surface area contributed by atoms with E-state index in [0.29, 0.717) is 42.6 Å². The first kappa shape index (κ1) is 23.2. The molecule has 1 amide bonds. The zero-order chi connectivity index (χ0) is 24.9. The summed E-state index contributed by atoms with van der Waals surface area (Å²) in [7, 11) is 0. The molecule has 2 saturated heterocycles. The second-order valence-corrected chi connectivity index (χ2v) is 8.42. The van der Waals surface area contributed by atoms with E-state index >= 15 is 0 Å². The topological polar surface area (TPSA) is 134 Å². The van der Waals surface area contributed by atoms with Crippen molar-refractivity contribution in [2.45, 2.75) is 6.42 Å². The van der Waals surface area contributed by atoms with Crippen molar-refractivity contribution in [3.8, 4) is 28.8 Å². The monoisotopic (exact) mass is 486 g/mol. The molecule has 0 saturated carbocycles. The number of carbonyl (C=O) groups excluding carboxylic acids is 1. The second kappa shape index (κ2) is 10.4. The predicted molar refractivity (Wildman–Crippen MR) is 134 cm³/mol. The number of aromatic hydroxyl groups is 1. The average molecular weight is 487 g/mol. The number of para-hydroxylation sites is 1. The van der Waals surface area contributed by atoms with Gasteiger partial charge in [0.1, 0.15) is 18.2 Å². The molecule has 2 aliphatic heterocycles. The maximum Gasteiger partial charge on any atom is 0.410 e. The van der Waals surface area contributed by atoms with Crippen LogP contribution in [0.25, 0.3) is 11.3 Å². The third kappa shape index (κ3) is 5.07. The minimum absolute atomic E-state index is 0.146. The summed E-state index contributed by atoms with van der Waals surface area (Å²) in [6, 6.07) is 10.8. The number of carbonyl (C=O) groups is 1. The van der Waals surface area contributed by atoms with Crippen molar-refractivity contribution in [2.75, 3.05) is 61.4 Å². The highest BCUT2D eigenvalue weighted by Crippen LogP contribution is 2.31. The number of hydrogen-bond donors (Lipinski definition) is 2. The lowest BCUT2D eigenvalue weighted by atomic mass is 10.1. The number of aromatic nitrogens is 4. The first-order valence-electron chi connectivity index (χ1n) is 11.7. The Balaban J connectivity index is 1.28. The van der Waals surface area contributed by atoms with Gasteiger partial charge in [0.15, 0.2) is 5.82 Å². The molecule has 0 unspecified atom stereocenters. The number of nitrogens with zero attached hydrogens (tertiary/aromatic N) is 7. The van der Waals surface area contributed by atoms with Crippen LogP contribution in [0.3, 0.4) is 0 Å². The van der Waals surface area contributed by atoms with E-state index in [2.05, 4.69) is 41.8 Å². The Bertz CT molecular complexity index is 1320. The second-order valence-electron chi connectivity index (χ2n) is 8.42. The Labute approximate surface area is 208 Å². The van der Waals surface area contributed by atoms with Gasteiger partial charge in [-0.25, -0.2) is 14.8 Å². The summed E-state index contributed by atoms with van der Waals surface area (Å²) in [5, 5.41) is 18.5. The van der Waals surface area contributed by atoms with Gasteiger partial charge in [-0.3, -0.25) is 4.90 Å². The minimum atomic E-state index is -0.342. The fourth-order valence-electron chi connectivity index (χ4n) is 4.22. The smallest absolute Gasteiger partial charge is 0.410 e. The molecular formula is C25H26N8O3. The number of nitrogens with two attached hydrogens (primary N) is 1. The molecule has 2 aromatic heterocycles. The van der Waals surface area contributed by atoms with Crippen molar-refractivity contribution in [2.24, 2.45) is 0 Å². The summed E-state index contributed by atoms with van der Waals surface area (Å²) in [4.78, 5) is 26.3. The molecule has 36 heavy (non-hydrogen) atoms. The molecule has 0 spiro atoms. The number of anilines is 3. The lowest BCUT2D eigenvalue weighted by molar-refractivity contribution is 0.161. The molecule has 0 aliphatic carbocycles. The first-order chi connectivity index (χ1) is 17.6. The molecule has 0 bridgehead atoms. The maximum absolute atomic E-state index is 11.5. The van der Waals surface area contributed by atoms with Gasteiger partial charge >= 0.3 is 6.09 Å². The van der Waals surface area contributed by atoms with Gasteiger partial charge in [0.25, 0.3) is 0 Å². The molecule has 0 atom stereocenters. The van der Waals surface area contributed by atoms with Gasteiger partial charge in [0.2, 0.25) is 5.82 Å². The van der Waals surface area contributed by atoms with Crippen LogP contribution in [0.4, 0.5) is 22.1 Å². The number of ether oxygens (including phenoxy) is 1. The summed E-state index contributed by atoms with van der Waals surface area (Å²) in [6.07, 6.45) is 2.24. The summed E-state index contributed by atoms with van der Waals surface area (Å²) in [6.45, 7) is 4.26. The van der Waals surface area contributed by atoms with E-state index in [1.165, 1.54) is 0 Å². The fourth-order valence-corrected chi connectivity index (χ4v) is 4.22. The van der Waals surface area contributed by atoms with Crippen LogP contribution in [0, 0.1) is 11.8 Å². The Morgan fingerprint density at radius 1 is 1.06 bits per heavy atom. The van der Waals surface area contributed by atoms with Gasteiger partial charge in [-0.05, 0) is 36.6 Å². The number of nitrogen functional groups attached to an aromatic ring is 1. The third-order valence-electron chi connectivity index (χ3n) is 6.10. The van der Waals surface area contributed by atoms with E-state index in [1.807, 2.05) is 18.2 Å². The van der Waals surface area contributed by atoms with Crippen LogP contribution in [-0.2, 0) is 4.74 Å². The van der Waals surface area contributed by atoms with Crippen molar-refractivity contribution in [1.82, 2.24) is 25.1 Å². The van der Waals surface area contributed by atoms with Crippen LogP contribution in [0.5, 0.6) is 5.75 Å². The van der Waals surface area contributed by atoms with Gasteiger partial charge in [-0.15, -0.1) is 10.2 Å². The van der Waals surface area contributed by atoms with E-state index in [4.69, 9.17) is 10.5 Å². The number of benzene rings is 1. The van der Waals surface area contributed by atoms with Crippen molar-refractivity contribution in [1.29, 1.82) is 0 Å². The third-order valence-corrected chi connectivity index (χ3v) is 6.10. The van der Waals surface area contributed by atoms with Gasteiger partial charge in [0, 0.05) is 37.9 Å². The summed E-state index contributed by atoms with van der Waals surface area (Å²) < 4.78 is 4.91. The van der Waals surface area contributed by atoms with E-state index in [9.17, 15) is 9.90 Å². The fraction of sp³-hybridized carbons (Fsp3) is 0.320. The number of hydrogen-bond acceptors (Lipinski definition) is 10. The van der Waals surface area contributed by atoms with Gasteiger partial charge in [-0.1, -0.05) is 18.1 Å². The van der Waals surface area contributed by atoms with E-state index in [-0.39, 0.29) is 18.4 Å². The summed E-state index contributed by atoms with van der Waals surface area (Å²) >= 11 is 0. The van der Waals surface area contributed by atoms with Gasteiger partial charge in [-0.2, -0.15) is 0 Å². The lowest BCUT2D eigenvalue weighted by Gasteiger charge is -2.25. The molecule has 4 heterocycles. The van der Waals surface area contributed by atoms with Crippen LogP contribution >= 0.6 is 0 Å². The zero-order valence-electron chi connectivity index (χ0n) is 19.7. The van der Waals surface area contributed by atoms with Crippen molar-refractivity contribution in [3.63, 3.8) is 0 Å². The van der Waals surface area contributed by atoms with Crippen molar-refractivity contribution < 1.29 is 14.6 Å². The van der Waals surface area contributed by atoms with Gasteiger partial charge in [0.05, 0.1) is 24.5 Å². The van der Waals surface area contributed by atoms with E-state index in [0.717, 1.165) is 37.6 Å². The Hall–Kier alpha value is -4.59. The predicted octanol–water partition coefficient (Wildman–Crippen LogP) is 1.74. The van der Waals surface area contributed by atoms with Crippen LogP contribution in [0.1, 0.15) is 12.2 Å². The van der Waals surface area contributed by atoms with Crippen LogP contribution < -0.4 is 15.5 Å². The number of cyclic esters (lactones) is 1. The number of phenolic OH excluding ortho intramolecular Hbond substituents is 1. The molecule has 1 aromatic carbocycles.